The normalized spacial score (nSPS) is 14.5. The molecule has 0 spiro atoms. The second-order valence-corrected chi connectivity index (χ2v) is 8.00. The highest BCUT2D eigenvalue weighted by Crippen LogP contribution is 2.26. The number of fused-ring (bicyclic) bond motifs is 2. The van der Waals surface area contributed by atoms with Gasteiger partial charge >= 0.3 is 0 Å². The average molecular weight is 417 g/mol. The van der Waals surface area contributed by atoms with Gasteiger partial charge in [0.25, 0.3) is 0 Å². The molecule has 1 saturated heterocycles. The average Bonchev–Trinajstić information content (AvgIpc) is 3.18. The van der Waals surface area contributed by atoms with E-state index in [2.05, 4.69) is 19.8 Å². The summed E-state index contributed by atoms with van der Waals surface area (Å²) < 4.78 is 17.1. The first-order valence-corrected chi connectivity index (χ1v) is 10.4. The number of amidine groups is 1. The Labute approximate surface area is 179 Å². The Morgan fingerprint density at radius 3 is 2.71 bits per heavy atom. The molecule has 0 saturated carbocycles. The summed E-state index contributed by atoms with van der Waals surface area (Å²) in [5, 5.41) is 13.2. The number of pyridine rings is 1. The van der Waals surface area contributed by atoms with Crippen LogP contribution in [-0.4, -0.2) is 56.5 Å². The van der Waals surface area contributed by atoms with Gasteiger partial charge in [0.05, 0.1) is 23.2 Å². The van der Waals surface area contributed by atoms with Crippen LogP contribution in [0, 0.1) is 18.2 Å². The van der Waals surface area contributed by atoms with Crippen LogP contribution in [0.25, 0.3) is 16.6 Å². The van der Waals surface area contributed by atoms with Gasteiger partial charge < -0.3 is 9.80 Å². The van der Waals surface area contributed by atoms with Crippen LogP contribution in [-0.2, 0) is 6.42 Å². The molecule has 0 aliphatic carbocycles. The van der Waals surface area contributed by atoms with Gasteiger partial charge in [0.2, 0.25) is 0 Å². The number of nitrogens with zero attached hydrogens (tertiary/aromatic N) is 6. The molecule has 0 radical (unpaired) electrons. The molecule has 7 nitrogen and oxygen atoms in total. The van der Waals surface area contributed by atoms with E-state index < -0.39 is 0 Å². The smallest absolute Gasteiger partial charge is 0.153 e. The number of piperazine rings is 1. The van der Waals surface area contributed by atoms with Gasteiger partial charge in [-0.05, 0) is 55.3 Å². The van der Waals surface area contributed by atoms with Crippen LogP contribution < -0.4 is 4.90 Å². The molecule has 0 amide bonds. The molecule has 0 unspecified atom stereocenters. The van der Waals surface area contributed by atoms with Gasteiger partial charge in [-0.25, -0.2) is 13.9 Å². The molecular weight excluding hydrogens is 393 g/mol. The van der Waals surface area contributed by atoms with Crippen LogP contribution in [0.5, 0.6) is 0 Å². The van der Waals surface area contributed by atoms with Crippen LogP contribution in [0.3, 0.4) is 0 Å². The first-order valence-electron chi connectivity index (χ1n) is 10.4. The van der Waals surface area contributed by atoms with Crippen molar-refractivity contribution in [2.45, 2.75) is 20.3 Å². The molecule has 8 heteroatoms. The third kappa shape index (κ3) is 3.48. The van der Waals surface area contributed by atoms with Crippen molar-refractivity contribution in [2.75, 3.05) is 31.1 Å². The molecule has 3 aromatic heterocycles. The maximum atomic E-state index is 15.3. The molecule has 4 heterocycles. The molecule has 1 fully saturated rings. The highest BCUT2D eigenvalue weighted by atomic mass is 19.1. The number of aromatic nitrogens is 4. The summed E-state index contributed by atoms with van der Waals surface area (Å²) in [7, 11) is 0. The van der Waals surface area contributed by atoms with E-state index in [-0.39, 0.29) is 5.82 Å². The van der Waals surface area contributed by atoms with Crippen LogP contribution >= 0.6 is 0 Å². The second-order valence-electron chi connectivity index (χ2n) is 8.00. The predicted octanol–water partition coefficient (Wildman–Crippen LogP) is 3.43. The lowest BCUT2D eigenvalue weighted by atomic mass is 10.00. The zero-order valence-corrected chi connectivity index (χ0v) is 17.6. The molecule has 1 aromatic carbocycles. The number of hydrogen-bond acceptors (Lipinski definition) is 5. The zero-order valence-electron chi connectivity index (χ0n) is 17.6. The number of hydrogen-bond donors (Lipinski definition) is 1. The van der Waals surface area contributed by atoms with E-state index in [1.165, 1.54) is 0 Å². The number of nitrogens with one attached hydrogen (secondary N) is 1. The molecular formula is C23H24FN7. The molecule has 31 heavy (non-hydrogen) atoms. The van der Waals surface area contributed by atoms with Gasteiger partial charge in [-0.2, -0.15) is 0 Å². The Morgan fingerprint density at radius 1 is 1.13 bits per heavy atom. The maximum Gasteiger partial charge on any atom is 0.153 e. The quantitative estimate of drug-likeness (QED) is 0.408. The summed E-state index contributed by atoms with van der Waals surface area (Å²) in [6.45, 7) is 6.97. The van der Waals surface area contributed by atoms with Gasteiger partial charge in [0, 0.05) is 44.2 Å². The minimum atomic E-state index is -0.229. The highest BCUT2D eigenvalue weighted by Gasteiger charge is 2.20. The fourth-order valence-electron chi connectivity index (χ4n) is 4.22. The number of benzene rings is 1. The standard InChI is InChI=1S/C23H24FN7/c1-15-12-20-18(4-3-7-26-20)23(24)19(15)13-17-14-27-21-5-6-22(28-31(17)21)30-10-8-29(9-11-30)16(2)25/h3-7,12,14,25H,8-11,13H2,1-2H3. The van der Waals surface area contributed by atoms with Crippen molar-refractivity contribution < 1.29 is 4.39 Å². The zero-order chi connectivity index (χ0) is 21.5. The lowest BCUT2D eigenvalue weighted by molar-refractivity contribution is 0.380. The fraction of sp³-hybridized carbons (Fsp3) is 0.304. The van der Waals surface area contributed by atoms with Crippen molar-refractivity contribution in [2.24, 2.45) is 0 Å². The van der Waals surface area contributed by atoms with Crippen molar-refractivity contribution in [1.82, 2.24) is 24.5 Å². The van der Waals surface area contributed by atoms with Crippen molar-refractivity contribution >= 4 is 28.2 Å². The molecule has 158 valence electrons. The third-order valence-corrected chi connectivity index (χ3v) is 6.02. The van der Waals surface area contributed by atoms with Crippen LogP contribution in [0.4, 0.5) is 10.2 Å². The van der Waals surface area contributed by atoms with Gasteiger partial charge in [0.15, 0.2) is 5.65 Å². The number of anilines is 1. The van der Waals surface area contributed by atoms with Crippen LogP contribution in [0.15, 0.2) is 42.7 Å². The number of rotatable bonds is 3. The van der Waals surface area contributed by atoms with E-state index in [9.17, 15) is 0 Å². The number of halogens is 1. The summed E-state index contributed by atoms with van der Waals surface area (Å²) in [6.07, 6.45) is 3.86. The number of aryl methyl sites for hydroxylation is 1. The molecule has 1 N–H and O–H groups in total. The molecule has 1 aliphatic rings. The largest absolute Gasteiger partial charge is 0.357 e. The number of imidazole rings is 1. The summed E-state index contributed by atoms with van der Waals surface area (Å²) in [6, 6.07) is 9.38. The van der Waals surface area contributed by atoms with Gasteiger partial charge in [0.1, 0.15) is 11.6 Å². The van der Waals surface area contributed by atoms with Gasteiger partial charge in [-0.1, -0.05) is 0 Å². The summed E-state index contributed by atoms with van der Waals surface area (Å²) in [5.74, 6) is 1.24. The van der Waals surface area contributed by atoms with Gasteiger partial charge in [-0.15, -0.1) is 5.10 Å². The van der Waals surface area contributed by atoms with E-state index in [4.69, 9.17) is 10.5 Å². The molecule has 1 aliphatic heterocycles. The van der Waals surface area contributed by atoms with E-state index >= 15 is 4.39 Å². The first kappa shape index (κ1) is 19.4. The van der Waals surface area contributed by atoms with Crippen molar-refractivity contribution in [1.29, 1.82) is 5.41 Å². The lowest BCUT2D eigenvalue weighted by Crippen LogP contribution is -2.48. The maximum absolute atomic E-state index is 15.3. The monoisotopic (exact) mass is 417 g/mol. The van der Waals surface area contributed by atoms with Crippen molar-refractivity contribution in [3.05, 3.63) is 65.4 Å². The summed E-state index contributed by atoms with van der Waals surface area (Å²) >= 11 is 0. The molecule has 4 aromatic rings. The first-order chi connectivity index (χ1) is 15.0. The van der Waals surface area contributed by atoms with Crippen LogP contribution in [0.2, 0.25) is 0 Å². The third-order valence-electron chi connectivity index (χ3n) is 6.02. The fourth-order valence-corrected chi connectivity index (χ4v) is 4.22. The Bertz CT molecular complexity index is 1290. The highest BCUT2D eigenvalue weighted by molar-refractivity contribution is 5.81. The topological polar surface area (TPSA) is 73.4 Å². The summed E-state index contributed by atoms with van der Waals surface area (Å²) in [4.78, 5) is 13.0. The van der Waals surface area contributed by atoms with Gasteiger partial charge in [-0.3, -0.25) is 10.4 Å². The Hall–Kier alpha value is -3.55. The Morgan fingerprint density at radius 2 is 1.94 bits per heavy atom. The second kappa shape index (κ2) is 7.61. The van der Waals surface area contributed by atoms with E-state index in [0.29, 0.717) is 28.7 Å². The minimum Gasteiger partial charge on any atom is -0.357 e. The molecule has 0 bridgehead atoms. The molecule has 5 rings (SSSR count). The van der Waals surface area contributed by atoms with E-state index in [1.54, 1.807) is 24.5 Å². The Kier molecular flexibility index (Phi) is 4.77. The molecule has 0 atom stereocenters. The Balaban J connectivity index is 1.47. The van der Waals surface area contributed by atoms with Crippen LogP contribution in [0.1, 0.15) is 23.7 Å². The van der Waals surface area contributed by atoms with Crippen molar-refractivity contribution in [3.63, 3.8) is 0 Å². The predicted molar refractivity (Wildman–Crippen MR) is 119 cm³/mol. The minimum absolute atomic E-state index is 0.229. The van der Waals surface area contributed by atoms with E-state index in [0.717, 1.165) is 48.9 Å². The SMILES string of the molecule is CC(=N)N1CCN(c2ccc3ncc(Cc4c(C)cc5ncccc5c4F)n3n2)CC1. The lowest BCUT2D eigenvalue weighted by Gasteiger charge is -2.35. The van der Waals surface area contributed by atoms with E-state index in [1.807, 2.05) is 36.6 Å². The van der Waals surface area contributed by atoms with Crippen molar-refractivity contribution in [3.8, 4) is 0 Å². The summed E-state index contributed by atoms with van der Waals surface area (Å²) in [5.41, 5.74) is 3.76.